The molecule has 5 amide bonds. The van der Waals surface area contributed by atoms with Gasteiger partial charge in [0.15, 0.2) is 0 Å². The number of nitrogens with two attached hydrogens (primary N) is 1. The number of carbonyl (C=O) groups is 7. The van der Waals surface area contributed by atoms with Gasteiger partial charge in [-0.05, 0) is 56.1 Å². The van der Waals surface area contributed by atoms with Crippen LogP contribution in [0.1, 0.15) is 64.5 Å². The Morgan fingerprint density at radius 3 is 1.72 bits per heavy atom. The quantitative estimate of drug-likeness (QED) is 0.162. The van der Waals surface area contributed by atoms with E-state index in [4.69, 9.17) is 15.6 Å². The van der Waals surface area contributed by atoms with Gasteiger partial charge in [0.25, 0.3) is 5.97 Å². The lowest BCUT2D eigenvalue weighted by Gasteiger charge is -2.31. The molecule has 0 bridgehead atoms. The van der Waals surface area contributed by atoms with Crippen molar-refractivity contribution in [3.05, 3.63) is 71.8 Å². The third kappa shape index (κ3) is 12.4. The summed E-state index contributed by atoms with van der Waals surface area (Å²) < 4.78 is 0. The number of carbonyl (C=O) groups excluding carboxylic acids is 5. The zero-order valence-corrected chi connectivity index (χ0v) is 30.7. The third-order valence-corrected chi connectivity index (χ3v) is 9.17. The predicted octanol–water partition coefficient (Wildman–Crippen LogP) is 1.09. The Balaban J connectivity index is 0.00000180. The number of likely N-dealkylation sites (tertiary alicyclic amines) is 2. The van der Waals surface area contributed by atoms with Gasteiger partial charge in [-0.25, -0.2) is 4.79 Å². The highest BCUT2D eigenvalue weighted by Gasteiger charge is 2.41. The van der Waals surface area contributed by atoms with Crippen molar-refractivity contribution >= 4 is 41.5 Å². The van der Waals surface area contributed by atoms with E-state index in [1.54, 1.807) is 13.8 Å². The van der Waals surface area contributed by atoms with Crippen LogP contribution in [0.3, 0.4) is 0 Å². The van der Waals surface area contributed by atoms with Gasteiger partial charge < -0.3 is 41.7 Å². The summed E-state index contributed by atoms with van der Waals surface area (Å²) in [4.78, 5) is 90.8. The third-order valence-electron chi connectivity index (χ3n) is 9.17. The molecule has 4 rings (SSSR count). The Morgan fingerprint density at radius 2 is 1.21 bits per heavy atom. The molecule has 2 fully saturated rings. The van der Waals surface area contributed by atoms with E-state index >= 15 is 0 Å². The molecule has 53 heavy (non-hydrogen) atoms. The zero-order chi connectivity index (χ0) is 39.2. The van der Waals surface area contributed by atoms with Gasteiger partial charge in [0.2, 0.25) is 29.5 Å². The molecule has 0 aliphatic carbocycles. The Labute approximate surface area is 309 Å². The van der Waals surface area contributed by atoms with Crippen LogP contribution in [-0.4, -0.2) is 111 Å². The first kappa shape index (κ1) is 42.1. The number of hydrogen-bond donors (Lipinski definition) is 6. The zero-order valence-electron chi connectivity index (χ0n) is 30.7. The van der Waals surface area contributed by atoms with Gasteiger partial charge in [-0.15, -0.1) is 0 Å². The van der Waals surface area contributed by atoms with E-state index in [0.717, 1.165) is 18.1 Å². The molecule has 2 aliphatic rings. The molecule has 7 N–H and O–H groups in total. The Hall–Kier alpha value is -5.31. The molecule has 0 aromatic heterocycles. The highest BCUT2D eigenvalue weighted by atomic mass is 16.4. The number of nitrogens with one attached hydrogen (secondary N) is 3. The van der Waals surface area contributed by atoms with Crippen molar-refractivity contribution < 1.29 is 43.8 Å². The van der Waals surface area contributed by atoms with E-state index in [1.807, 2.05) is 60.7 Å². The average Bonchev–Trinajstić information content (AvgIpc) is 3.81. The lowest BCUT2D eigenvalue weighted by molar-refractivity contribution is -0.149. The molecular weight excluding hydrogens is 684 g/mol. The van der Waals surface area contributed by atoms with Gasteiger partial charge in [-0.1, -0.05) is 74.5 Å². The summed E-state index contributed by atoms with van der Waals surface area (Å²) in [5.41, 5.74) is 7.81. The molecular formula is C38H52N6O9. The molecule has 288 valence electrons. The summed E-state index contributed by atoms with van der Waals surface area (Å²) in [6, 6.07) is 12.7. The summed E-state index contributed by atoms with van der Waals surface area (Å²) in [6.45, 7) is 6.71. The van der Waals surface area contributed by atoms with Gasteiger partial charge in [0, 0.05) is 26.4 Å². The Morgan fingerprint density at radius 1 is 0.717 bits per heavy atom. The maximum absolute atomic E-state index is 13.7. The molecule has 0 radical (unpaired) electrons. The fourth-order valence-corrected chi connectivity index (χ4v) is 6.48. The second-order valence-electron chi connectivity index (χ2n) is 13.7. The van der Waals surface area contributed by atoms with Crippen LogP contribution < -0.4 is 21.7 Å². The highest BCUT2D eigenvalue weighted by Crippen LogP contribution is 2.22. The number of hydrogen-bond acceptors (Lipinski definition) is 8. The molecule has 2 saturated heterocycles. The van der Waals surface area contributed by atoms with Gasteiger partial charge in [-0.2, -0.15) is 0 Å². The first-order valence-corrected chi connectivity index (χ1v) is 17.9. The molecule has 2 aromatic carbocycles. The van der Waals surface area contributed by atoms with Crippen molar-refractivity contribution in [3.8, 4) is 0 Å². The minimum atomic E-state index is -1.09. The van der Waals surface area contributed by atoms with Crippen LogP contribution in [0.25, 0.3) is 0 Å². The van der Waals surface area contributed by atoms with Crippen molar-refractivity contribution in [2.45, 2.75) is 102 Å². The van der Waals surface area contributed by atoms with Crippen LogP contribution in [0, 0.1) is 5.92 Å². The number of carboxylic acids is 2. The minimum Gasteiger partial charge on any atom is -0.481 e. The number of benzene rings is 2. The van der Waals surface area contributed by atoms with Crippen LogP contribution in [0.4, 0.5) is 0 Å². The largest absolute Gasteiger partial charge is 0.481 e. The summed E-state index contributed by atoms with van der Waals surface area (Å²) in [5, 5.41) is 25.3. The standard InChI is InChI=1S/C36H48N6O7.C2H4O2/c1-22(2)30(40-31(43)26(37)20-24-12-6-4-7-13-24)33(45)38-23(3)34(46)41-18-10-16-28(41)32(44)39-27(21-25-14-8-5-9-15-25)35(47)42-19-11-17-29(42)36(48)49;1-2(3)4/h4-9,12-15,22-23,26-30H,10-11,16-21,37H2,1-3H3,(H,38,45)(H,39,44)(H,40,43)(H,48,49);1H3,(H,3,4)/t23-,26-,27-,28-,29-,30-;/m0./s1. The fourth-order valence-electron chi connectivity index (χ4n) is 6.48. The van der Waals surface area contributed by atoms with Crippen molar-refractivity contribution in [1.82, 2.24) is 25.8 Å². The van der Waals surface area contributed by atoms with Crippen molar-refractivity contribution in [2.75, 3.05) is 13.1 Å². The van der Waals surface area contributed by atoms with E-state index in [0.29, 0.717) is 32.1 Å². The van der Waals surface area contributed by atoms with Gasteiger partial charge in [0.05, 0.1) is 6.04 Å². The molecule has 2 heterocycles. The molecule has 0 saturated carbocycles. The fraction of sp³-hybridized carbons (Fsp3) is 0.500. The Bertz CT molecular complexity index is 1580. The van der Waals surface area contributed by atoms with E-state index in [-0.39, 0.29) is 25.4 Å². The number of carboxylic acid groups (broad SMARTS) is 2. The second kappa shape index (κ2) is 20.1. The van der Waals surface area contributed by atoms with E-state index in [2.05, 4.69) is 16.0 Å². The molecule has 6 atom stereocenters. The van der Waals surface area contributed by atoms with Gasteiger partial charge in [0.1, 0.15) is 30.2 Å². The summed E-state index contributed by atoms with van der Waals surface area (Å²) >= 11 is 0. The van der Waals surface area contributed by atoms with Crippen molar-refractivity contribution in [3.63, 3.8) is 0 Å². The first-order chi connectivity index (χ1) is 25.1. The maximum Gasteiger partial charge on any atom is 0.326 e. The van der Waals surface area contributed by atoms with Crippen LogP contribution in [0.2, 0.25) is 0 Å². The van der Waals surface area contributed by atoms with E-state index in [1.165, 1.54) is 16.7 Å². The number of amides is 5. The minimum absolute atomic E-state index is 0.151. The molecule has 15 heteroatoms. The SMILES string of the molecule is CC(=O)O.CC(C)[C@H](NC(=O)[C@@H](N)Cc1ccccc1)C(=O)N[C@@H](C)C(=O)N1CCC[C@H]1C(=O)N[C@@H](Cc1ccccc1)C(=O)N1CCC[C@H]1C(=O)O. The monoisotopic (exact) mass is 736 g/mol. The smallest absolute Gasteiger partial charge is 0.326 e. The Kier molecular flexibility index (Phi) is 15.9. The molecule has 0 unspecified atom stereocenters. The van der Waals surface area contributed by atoms with Crippen LogP contribution in [-0.2, 0) is 46.4 Å². The first-order valence-electron chi connectivity index (χ1n) is 17.9. The van der Waals surface area contributed by atoms with Crippen LogP contribution >= 0.6 is 0 Å². The van der Waals surface area contributed by atoms with Gasteiger partial charge in [-0.3, -0.25) is 28.8 Å². The molecule has 0 spiro atoms. The normalized spacial score (nSPS) is 18.8. The molecule has 2 aliphatic heterocycles. The second-order valence-corrected chi connectivity index (χ2v) is 13.7. The highest BCUT2D eigenvalue weighted by molar-refractivity contribution is 5.96. The predicted molar refractivity (Wildman–Crippen MR) is 195 cm³/mol. The summed E-state index contributed by atoms with van der Waals surface area (Å²) in [7, 11) is 0. The van der Waals surface area contributed by atoms with Crippen LogP contribution in [0.5, 0.6) is 0 Å². The molecule has 2 aromatic rings. The van der Waals surface area contributed by atoms with Crippen LogP contribution in [0.15, 0.2) is 60.7 Å². The number of nitrogens with zero attached hydrogens (tertiary/aromatic N) is 2. The van der Waals surface area contributed by atoms with E-state index < -0.39 is 77.7 Å². The maximum atomic E-state index is 13.7. The van der Waals surface area contributed by atoms with E-state index in [9.17, 15) is 33.9 Å². The average molecular weight is 737 g/mol. The van der Waals surface area contributed by atoms with Gasteiger partial charge >= 0.3 is 5.97 Å². The summed E-state index contributed by atoms with van der Waals surface area (Å²) in [6.07, 6.45) is 2.23. The van der Waals surface area contributed by atoms with Crippen molar-refractivity contribution in [2.24, 2.45) is 11.7 Å². The number of aliphatic carboxylic acids is 2. The lowest BCUT2D eigenvalue weighted by atomic mass is 10.0. The lowest BCUT2D eigenvalue weighted by Crippen LogP contribution is -2.59. The molecule has 15 nitrogen and oxygen atoms in total. The van der Waals surface area contributed by atoms with Crippen molar-refractivity contribution in [1.29, 1.82) is 0 Å². The topological polar surface area (TPSA) is 229 Å². The summed E-state index contributed by atoms with van der Waals surface area (Å²) in [5.74, 6) is -4.76. The number of rotatable bonds is 14.